The van der Waals surface area contributed by atoms with E-state index < -0.39 is 44.8 Å². The third-order valence-electron chi connectivity index (χ3n) is 10.5. The Morgan fingerprint density at radius 3 is 2.60 bits per heavy atom. The van der Waals surface area contributed by atoms with Gasteiger partial charge in [-0.1, -0.05) is 39.5 Å². The second-order valence-corrected chi connectivity index (χ2v) is 17.3. The highest BCUT2D eigenvalue weighted by molar-refractivity contribution is 7.91. The Labute approximate surface area is 296 Å². The number of methoxy groups -OCH3 is 1. The van der Waals surface area contributed by atoms with Gasteiger partial charge in [-0.3, -0.25) is 19.1 Å². The van der Waals surface area contributed by atoms with Crippen molar-refractivity contribution >= 4 is 50.0 Å². The zero-order valence-electron chi connectivity index (χ0n) is 28.8. The maximum atomic E-state index is 14.1. The largest absolute Gasteiger partial charge is 0.497 e. The molecular weight excluding hydrogens is 679 g/mol. The zero-order valence-corrected chi connectivity index (χ0v) is 30.4. The third-order valence-corrected chi connectivity index (χ3v) is 13.2. The monoisotopic (exact) mass is 723 g/mol. The predicted octanol–water partition coefficient (Wildman–Crippen LogP) is 5.07. The fraction of sp³-hybridized carbons (Fsp3) is 0.583. The number of hydrogen-bond donors (Lipinski definition) is 2. The summed E-state index contributed by atoms with van der Waals surface area (Å²) in [6.07, 6.45) is 6.57. The highest BCUT2D eigenvalue weighted by Gasteiger charge is 2.62. The predicted molar refractivity (Wildman–Crippen MR) is 189 cm³/mol. The number of nitrogens with zero attached hydrogens (tertiary/aromatic N) is 3. The number of ether oxygens (including phenoxy) is 2. The van der Waals surface area contributed by atoms with Crippen LogP contribution in [-0.2, 0) is 24.4 Å². The van der Waals surface area contributed by atoms with Gasteiger partial charge in [-0.15, -0.1) is 11.3 Å². The minimum Gasteiger partial charge on any atom is -0.497 e. The molecule has 1 aromatic carbocycles. The molecule has 268 valence electrons. The molecule has 2 saturated heterocycles. The van der Waals surface area contributed by atoms with Crippen molar-refractivity contribution in [2.45, 2.75) is 113 Å². The Balaban J connectivity index is 1.17. The zero-order chi connectivity index (χ0) is 35.2. The van der Waals surface area contributed by atoms with Crippen LogP contribution in [0.3, 0.4) is 0 Å². The van der Waals surface area contributed by atoms with E-state index in [1.165, 1.54) is 11.3 Å². The number of rotatable bonds is 8. The molecule has 14 heteroatoms. The van der Waals surface area contributed by atoms with Gasteiger partial charge in [0.05, 0.1) is 30.1 Å². The topological polar surface area (TPSA) is 157 Å². The van der Waals surface area contributed by atoms with Crippen LogP contribution in [-0.4, -0.2) is 77.6 Å². The van der Waals surface area contributed by atoms with Crippen LogP contribution in [0.5, 0.6) is 11.5 Å². The second-order valence-electron chi connectivity index (χ2n) is 14.5. The number of pyridine rings is 1. The number of hydrogen-bond acceptors (Lipinski definition) is 10. The van der Waals surface area contributed by atoms with Crippen LogP contribution in [0.25, 0.3) is 21.6 Å². The molecule has 4 heterocycles. The summed E-state index contributed by atoms with van der Waals surface area (Å²) in [4.78, 5) is 52.7. The normalized spacial score (nSPS) is 26.2. The average molecular weight is 724 g/mol. The summed E-state index contributed by atoms with van der Waals surface area (Å²) in [5, 5.41) is 5.95. The molecule has 4 unspecified atom stereocenters. The van der Waals surface area contributed by atoms with E-state index in [4.69, 9.17) is 19.4 Å². The van der Waals surface area contributed by atoms with Crippen molar-refractivity contribution in [3.8, 4) is 22.2 Å². The van der Waals surface area contributed by atoms with Crippen molar-refractivity contribution < 1.29 is 32.3 Å². The minimum absolute atomic E-state index is 0.135. The summed E-state index contributed by atoms with van der Waals surface area (Å²) in [7, 11) is -2.20. The van der Waals surface area contributed by atoms with Crippen LogP contribution < -0.4 is 19.5 Å². The van der Waals surface area contributed by atoms with Gasteiger partial charge in [0.2, 0.25) is 21.8 Å². The van der Waals surface area contributed by atoms with Crippen LogP contribution in [0, 0.1) is 5.92 Å². The summed E-state index contributed by atoms with van der Waals surface area (Å²) in [5.74, 6) is 0.0333. The van der Waals surface area contributed by atoms with Gasteiger partial charge >= 0.3 is 0 Å². The fourth-order valence-electron chi connectivity index (χ4n) is 7.26. The van der Waals surface area contributed by atoms with E-state index in [1.807, 2.05) is 29.6 Å². The number of amides is 3. The number of aromatic nitrogens is 2. The summed E-state index contributed by atoms with van der Waals surface area (Å²) < 4.78 is 39.9. The van der Waals surface area contributed by atoms with E-state index in [9.17, 15) is 22.8 Å². The molecule has 0 spiro atoms. The molecule has 4 atom stereocenters. The van der Waals surface area contributed by atoms with Crippen molar-refractivity contribution in [3.63, 3.8) is 0 Å². The van der Waals surface area contributed by atoms with E-state index in [2.05, 4.69) is 23.9 Å². The first-order chi connectivity index (χ1) is 24.0. The lowest BCUT2D eigenvalue weighted by atomic mass is 10.0. The first-order valence-corrected chi connectivity index (χ1v) is 20.2. The van der Waals surface area contributed by atoms with Crippen LogP contribution >= 0.6 is 11.3 Å². The van der Waals surface area contributed by atoms with Crippen LogP contribution in [0.15, 0.2) is 29.6 Å². The van der Waals surface area contributed by atoms with Crippen LogP contribution in [0.2, 0.25) is 0 Å². The molecule has 50 heavy (non-hydrogen) atoms. The highest BCUT2D eigenvalue weighted by Crippen LogP contribution is 2.48. The maximum Gasteiger partial charge on any atom is 0.259 e. The molecule has 0 radical (unpaired) electrons. The van der Waals surface area contributed by atoms with Gasteiger partial charge in [0.15, 0.2) is 0 Å². The number of nitrogens with one attached hydrogen (secondary N) is 2. The molecule has 4 aliphatic rings. The molecule has 2 saturated carbocycles. The number of carbonyl (C=O) groups is 3. The van der Waals surface area contributed by atoms with Gasteiger partial charge in [0.1, 0.15) is 39.9 Å². The summed E-state index contributed by atoms with van der Waals surface area (Å²) in [6, 6.07) is 6.55. The maximum absolute atomic E-state index is 14.1. The Bertz CT molecular complexity index is 1910. The lowest BCUT2D eigenvalue weighted by molar-refractivity contribution is -0.140. The lowest BCUT2D eigenvalue weighted by Gasteiger charge is -2.27. The molecular formula is C36H45N5O7S2. The second kappa shape index (κ2) is 13.7. The van der Waals surface area contributed by atoms with Crippen molar-refractivity contribution in [3.05, 3.63) is 35.3 Å². The lowest BCUT2D eigenvalue weighted by Crippen LogP contribution is -2.56. The molecule has 12 nitrogen and oxygen atoms in total. The Hall–Kier alpha value is -3.78. The van der Waals surface area contributed by atoms with Crippen LogP contribution in [0.4, 0.5) is 0 Å². The third kappa shape index (κ3) is 7.05. The highest BCUT2D eigenvalue weighted by atomic mass is 32.2. The van der Waals surface area contributed by atoms with E-state index in [-0.39, 0.29) is 30.7 Å². The van der Waals surface area contributed by atoms with Gasteiger partial charge in [-0.2, -0.15) is 0 Å². The van der Waals surface area contributed by atoms with Gasteiger partial charge < -0.3 is 19.7 Å². The van der Waals surface area contributed by atoms with Gasteiger partial charge in [0, 0.05) is 35.7 Å². The summed E-state index contributed by atoms with van der Waals surface area (Å²) >= 11 is 1.51. The number of carbonyl (C=O) groups excluding carboxylic acids is 3. The van der Waals surface area contributed by atoms with Gasteiger partial charge in [0.25, 0.3) is 5.91 Å². The number of sulfonamides is 1. The summed E-state index contributed by atoms with van der Waals surface area (Å²) in [5.41, 5.74) is 0.980. The first-order valence-electron chi connectivity index (χ1n) is 17.8. The Kier molecular flexibility index (Phi) is 9.52. The Morgan fingerprint density at radius 2 is 1.86 bits per heavy atom. The molecule has 0 bridgehead atoms. The number of benzene rings is 1. The molecule has 2 aliphatic heterocycles. The quantitative estimate of drug-likeness (QED) is 0.324. The Morgan fingerprint density at radius 1 is 1.08 bits per heavy atom. The van der Waals surface area contributed by atoms with Gasteiger partial charge in [-0.05, 0) is 56.1 Å². The molecule has 3 aromatic rings. The van der Waals surface area contributed by atoms with Gasteiger partial charge in [-0.25, -0.2) is 18.4 Å². The van der Waals surface area contributed by atoms with Crippen molar-refractivity contribution in [2.24, 2.45) is 5.92 Å². The fourth-order valence-corrected chi connectivity index (χ4v) is 9.56. The van der Waals surface area contributed by atoms with E-state index in [0.717, 1.165) is 54.6 Å². The van der Waals surface area contributed by atoms with Crippen LogP contribution in [0.1, 0.15) is 96.1 Å². The molecule has 2 aliphatic carbocycles. The standard InChI is InChI=1S/C36H45N5O7S2/c1-21(2)29-20-49-34(38-29)28-17-31(26-14-11-23(47-3)15-27(26)37-28)48-24-16-30-33(43)39-36(35(44)40-50(45,46)25-12-13-25)18-22(36)9-7-5-4-6-8-10-32(42)41(30)19-24/h11,14-15,17,20-22,24-25,30H,4-10,12-13,16,18-19H2,1-3H3,(H,39,43)(H,40,44). The molecule has 3 amide bonds. The molecule has 7 rings (SSSR count). The smallest absolute Gasteiger partial charge is 0.259 e. The summed E-state index contributed by atoms with van der Waals surface area (Å²) in [6.45, 7) is 4.37. The minimum atomic E-state index is -3.80. The number of thiazole rings is 1. The first kappa shape index (κ1) is 34.7. The molecule has 2 N–H and O–H groups in total. The SMILES string of the molecule is COc1ccc2c(OC3CC4C(=O)NC5(C(=O)NS(=O)(=O)C6CC6)CC5CCCCCCCC(=O)N4C3)cc(-c3nc(C(C)C)cs3)nc2c1. The van der Waals surface area contributed by atoms with E-state index in [0.29, 0.717) is 48.4 Å². The van der Waals surface area contributed by atoms with Crippen molar-refractivity contribution in [2.75, 3.05) is 13.7 Å². The average Bonchev–Trinajstić information content (AvgIpc) is 3.96. The van der Waals surface area contributed by atoms with E-state index >= 15 is 0 Å². The number of fused-ring (bicyclic) bond motifs is 3. The van der Waals surface area contributed by atoms with E-state index in [1.54, 1.807) is 12.0 Å². The molecule has 2 aromatic heterocycles. The molecule has 4 fully saturated rings. The van der Waals surface area contributed by atoms with Crippen molar-refractivity contribution in [1.29, 1.82) is 0 Å². The van der Waals surface area contributed by atoms with Crippen molar-refractivity contribution in [1.82, 2.24) is 24.9 Å².